The van der Waals surface area contributed by atoms with Crippen LogP contribution in [0.25, 0.3) is 0 Å². The molecule has 0 aliphatic rings. The van der Waals surface area contributed by atoms with Gasteiger partial charge in [0.2, 0.25) is 0 Å². The number of halogens is 3. The quantitative estimate of drug-likeness (QED) is 0.361. The molecule has 11 heteroatoms. The largest absolute Gasteiger partial charge is 0.468 e. The summed E-state index contributed by atoms with van der Waals surface area (Å²) in [5.41, 5.74) is -1.63. The molecule has 0 aromatic carbocycles. The molecule has 0 aromatic rings. The number of alkyl halides is 3. The smallest absolute Gasteiger partial charge is 0.408 e. The van der Waals surface area contributed by atoms with Crippen molar-refractivity contribution in [3.05, 3.63) is 0 Å². The Morgan fingerprint density at radius 3 is 1.90 bits per heavy atom. The number of methoxy groups -OCH3 is 1. The summed E-state index contributed by atoms with van der Waals surface area (Å²) in [4.78, 5) is 36.4. The van der Waals surface area contributed by atoms with E-state index < -0.39 is 54.7 Å². The predicted molar refractivity (Wildman–Crippen MR) is 97.9 cm³/mol. The molecule has 29 heavy (non-hydrogen) atoms. The first kappa shape index (κ1) is 27.0. The van der Waals surface area contributed by atoms with Gasteiger partial charge in [-0.25, -0.2) is 4.79 Å². The summed E-state index contributed by atoms with van der Waals surface area (Å²) in [6.07, 6.45) is -6.19. The molecule has 0 aromatic heterocycles. The van der Waals surface area contributed by atoms with Crippen molar-refractivity contribution in [3.8, 4) is 0 Å². The van der Waals surface area contributed by atoms with E-state index in [0.717, 1.165) is 7.11 Å². The number of rotatable bonds is 8. The van der Waals surface area contributed by atoms with Gasteiger partial charge in [0.1, 0.15) is 17.2 Å². The van der Waals surface area contributed by atoms with E-state index in [0.29, 0.717) is 4.90 Å². The maximum absolute atomic E-state index is 13.0. The predicted octanol–water partition coefficient (Wildman–Crippen LogP) is 3.00. The Morgan fingerprint density at radius 1 is 0.966 bits per heavy atom. The molecule has 0 spiro atoms. The highest BCUT2D eigenvalue weighted by molar-refractivity contribution is 5.77. The number of carbonyl (C=O) groups is 3. The van der Waals surface area contributed by atoms with E-state index in [1.165, 1.54) is 0 Å². The van der Waals surface area contributed by atoms with Crippen LogP contribution in [0.4, 0.5) is 18.0 Å². The number of ether oxygens (including phenoxy) is 3. The number of amides is 1. The molecule has 1 atom stereocenters. The third-order valence-electron chi connectivity index (χ3n) is 3.16. The third-order valence-corrected chi connectivity index (χ3v) is 3.16. The molecule has 0 aliphatic heterocycles. The number of esters is 2. The van der Waals surface area contributed by atoms with Crippen molar-refractivity contribution in [1.82, 2.24) is 10.2 Å². The van der Waals surface area contributed by atoms with Crippen molar-refractivity contribution < 1.29 is 41.8 Å². The van der Waals surface area contributed by atoms with Gasteiger partial charge in [-0.15, -0.1) is 0 Å². The molecule has 1 N–H and O–H groups in total. The lowest BCUT2D eigenvalue weighted by atomic mass is 10.1. The first-order chi connectivity index (χ1) is 12.9. The molecular weight excluding hydrogens is 397 g/mol. The number of hydrogen-bond donors (Lipinski definition) is 1. The van der Waals surface area contributed by atoms with Crippen LogP contribution in [0.15, 0.2) is 0 Å². The van der Waals surface area contributed by atoms with Crippen LogP contribution in [0, 0.1) is 0 Å². The summed E-state index contributed by atoms with van der Waals surface area (Å²) >= 11 is 0. The van der Waals surface area contributed by atoms with E-state index in [4.69, 9.17) is 9.47 Å². The SMILES string of the molecule is COC(=O)C(CCC(=O)OC(C)(C)C)N(CNC(=O)OC(C)(C)C)CC(F)(F)F. The molecule has 0 saturated heterocycles. The van der Waals surface area contributed by atoms with Crippen LogP contribution in [0.5, 0.6) is 0 Å². The van der Waals surface area contributed by atoms with Crippen molar-refractivity contribution in [2.75, 3.05) is 20.3 Å². The number of carbonyl (C=O) groups excluding carboxylic acids is 3. The summed E-state index contributed by atoms with van der Waals surface area (Å²) in [5, 5.41) is 2.19. The molecular formula is C18H31F3N2O6. The van der Waals surface area contributed by atoms with E-state index in [1.54, 1.807) is 41.5 Å². The average molecular weight is 428 g/mol. The number of nitrogens with zero attached hydrogens (tertiary/aromatic N) is 1. The zero-order valence-corrected chi connectivity index (χ0v) is 17.9. The minimum absolute atomic E-state index is 0.284. The van der Waals surface area contributed by atoms with Crippen molar-refractivity contribution in [1.29, 1.82) is 0 Å². The second-order valence-electron chi connectivity index (χ2n) is 8.36. The summed E-state index contributed by atoms with van der Waals surface area (Å²) in [6, 6.07) is -1.43. The van der Waals surface area contributed by atoms with E-state index in [9.17, 15) is 27.6 Å². The monoisotopic (exact) mass is 428 g/mol. The average Bonchev–Trinajstić information content (AvgIpc) is 2.47. The molecule has 0 aliphatic carbocycles. The highest BCUT2D eigenvalue weighted by atomic mass is 19.4. The normalized spacial score (nSPS) is 13.6. The minimum Gasteiger partial charge on any atom is -0.468 e. The summed E-state index contributed by atoms with van der Waals surface area (Å²) < 4.78 is 53.8. The zero-order chi connectivity index (χ0) is 23.0. The standard InChI is InChI=1S/C18H31F3N2O6/c1-16(2,3)28-13(24)9-8-12(14(25)27-7)23(10-18(19,20)21)11-22-15(26)29-17(4,5)6/h12H,8-11H2,1-7H3,(H,22,26). The van der Waals surface area contributed by atoms with E-state index in [2.05, 4.69) is 10.1 Å². The van der Waals surface area contributed by atoms with Crippen LogP contribution < -0.4 is 5.32 Å². The van der Waals surface area contributed by atoms with Crippen LogP contribution in [-0.4, -0.2) is 66.7 Å². The highest BCUT2D eigenvalue weighted by Crippen LogP contribution is 2.21. The summed E-state index contributed by atoms with van der Waals surface area (Å²) in [6.45, 7) is 7.57. The number of alkyl carbamates (subject to hydrolysis) is 1. The van der Waals surface area contributed by atoms with Crippen molar-refractivity contribution in [2.45, 2.75) is 77.8 Å². The Morgan fingerprint density at radius 2 is 1.48 bits per heavy atom. The fourth-order valence-corrected chi connectivity index (χ4v) is 2.22. The van der Waals surface area contributed by atoms with Crippen LogP contribution in [0.2, 0.25) is 0 Å². The van der Waals surface area contributed by atoms with Crippen molar-refractivity contribution >= 4 is 18.0 Å². The van der Waals surface area contributed by atoms with Crippen LogP contribution in [0.3, 0.4) is 0 Å². The molecule has 0 heterocycles. The molecule has 0 saturated carbocycles. The maximum atomic E-state index is 13.0. The van der Waals surface area contributed by atoms with Crippen molar-refractivity contribution in [3.63, 3.8) is 0 Å². The van der Waals surface area contributed by atoms with E-state index in [-0.39, 0.29) is 12.8 Å². The van der Waals surface area contributed by atoms with Crippen LogP contribution in [0.1, 0.15) is 54.4 Å². The van der Waals surface area contributed by atoms with Gasteiger partial charge in [-0.1, -0.05) is 0 Å². The number of nitrogens with one attached hydrogen (secondary N) is 1. The number of hydrogen-bond acceptors (Lipinski definition) is 7. The topological polar surface area (TPSA) is 94.2 Å². The fourth-order valence-electron chi connectivity index (χ4n) is 2.22. The lowest BCUT2D eigenvalue weighted by Gasteiger charge is -2.31. The van der Waals surface area contributed by atoms with Gasteiger partial charge >= 0.3 is 24.2 Å². The minimum atomic E-state index is -4.66. The lowest BCUT2D eigenvalue weighted by Crippen LogP contribution is -2.51. The first-order valence-electron chi connectivity index (χ1n) is 9.01. The fraction of sp³-hybridized carbons (Fsp3) is 0.833. The Balaban J connectivity index is 5.30. The molecule has 0 rings (SSSR count). The van der Waals surface area contributed by atoms with Crippen LogP contribution >= 0.6 is 0 Å². The lowest BCUT2D eigenvalue weighted by molar-refractivity contribution is -0.165. The van der Waals surface area contributed by atoms with Gasteiger partial charge in [-0.05, 0) is 48.0 Å². The molecule has 1 unspecified atom stereocenters. The van der Waals surface area contributed by atoms with Gasteiger partial charge in [-0.3, -0.25) is 14.5 Å². The third kappa shape index (κ3) is 13.7. The Bertz CT molecular complexity index is 567. The Kier molecular flexibility index (Phi) is 9.91. The molecule has 8 nitrogen and oxygen atoms in total. The Labute approximate surface area is 169 Å². The van der Waals surface area contributed by atoms with Gasteiger partial charge in [0.05, 0.1) is 20.3 Å². The molecule has 170 valence electrons. The second kappa shape index (κ2) is 10.7. The van der Waals surface area contributed by atoms with Gasteiger partial charge in [-0.2, -0.15) is 13.2 Å². The van der Waals surface area contributed by atoms with Crippen LogP contribution in [-0.2, 0) is 23.8 Å². The van der Waals surface area contributed by atoms with Crippen molar-refractivity contribution in [2.24, 2.45) is 0 Å². The van der Waals surface area contributed by atoms with E-state index in [1.807, 2.05) is 0 Å². The van der Waals surface area contributed by atoms with E-state index >= 15 is 0 Å². The zero-order valence-electron chi connectivity index (χ0n) is 17.9. The van der Waals surface area contributed by atoms with Gasteiger partial charge in [0, 0.05) is 6.42 Å². The molecule has 1 amide bonds. The summed E-state index contributed by atoms with van der Waals surface area (Å²) in [5.74, 6) is -1.64. The molecule has 0 bridgehead atoms. The maximum Gasteiger partial charge on any atom is 0.408 e. The first-order valence-corrected chi connectivity index (χ1v) is 9.01. The second-order valence-corrected chi connectivity index (χ2v) is 8.36. The molecule has 0 radical (unpaired) electrons. The highest BCUT2D eigenvalue weighted by Gasteiger charge is 2.37. The Hall–Kier alpha value is -2.04. The van der Waals surface area contributed by atoms with Gasteiger partial charge in [0.15, 0.2) is 0 Å². The summed E-state index contributed by atoms with van der Waals surface area (Å²) in [7, 11) is 1.02. The molecule has 0 fully saturated rings. The van der Waals surface area contributed by atoms with Gasteiger partial charge in [0.25, 0.3) is 0 Å². The van der Waals surface area contributed by atoms with Gasteiger partial charge < -0.3 is 19.5 Å².